The van der Waals surface area contributed by atoms with Gasteiger partial charge < -0.3 is 14.6 Å². The minimum atomic E-state index is -0.448. The Morgan fingerprint density at radius 1 is 1.44 bits per heavy atom. The molecule has 0 aromatic carbocycles. The molecule has 2 aromatic rings. The van der Waals surface area contributed by atoms with Crippen molar-refractivity contribution < 1.29 is 9.53 Å². The second-order valence-corrected chi connectivity index (χ2v) is 3.73. The largest absolute Gasteiger partial charge is 0.464 e. The average Bonchev–Trinajstić information content (AvgIpc) is 2.81. The number of nitrogens with one attached hydrogen (secondary N) is 1. The molecule has 0 radical (unpaired) electrons. The highest BCUT2D eigenvalue weighted by Gasteiger charge is 2.07. The quantitative estimate of drug-likeness (QED) is 0.821. The molecule has 0 spiro atoms. The van der Waals surface area contributed by atoms with Gasteiger partial charge in [-0.1, -0.05) is 0 Å². The van der Waals surface area contributed by atoms with E-state index in [0.29, 0.717) is 6.54 Å². The van der Waals surface area contributed by atoms with Gasteiger partial charge in [0, 0.05) is 31.3 Å². The molecule has 2 heterocycles. The smallest absolute Gasteiger partial charge is 0.356 e. The number of esters is 1. The van der Waals surface area contributed by atoms with E-state index in [0.717, 1.165) is 11.5 Å². The van der Waals surface area contributed by atoms with Gasteiger partial charge in [0.1, 0.15) is 11.5 Å². The number of aromatic nitrogens is 3. The lowest BCUT2D eigenvalue weighted by atomic mass is 10.3. The predicted molar refractivity (Wildman–Crippen MR) is 66.1 cm³/mol. The topological polar surface area (TPSA) is 69.0 Å². The molecule has 94 valence electrons. The highest BCUT2D eigenvalue weighted by atomic mass is 16.5. The fourth-order valence-corrected chi connectivity index (χ4v) is 1.50. The van der Waals surface area contributed by atoms with Gasteiger partial charge >= 0.3 is 5.97 Å². The summed E-state index contributed by atoms with van der Waals surface area (Å²) in [5.41, 5.74) is 1.08. The molecule has 0 saturated carbocycles. The zero-order valence-corrected chi connectivity index (χ0v) is 10.3. The lowest BCUT2D eigenvalue weighted by Crippen LogP contribution is -2.08. The van der Waals surface area contributed by atoms with Crippen molar-refractivity contribution in [3.05, 3.63) is 42.2 Å². The van der Waals surface area contributed by atoms with Crippen LogP contribution in [0.1, 0.15) is 16.3 Å². The van der Waals surface area contributed by atoms with E-state index in [2.05, 4.69) is 20.0 Å². The van der Waals surface area contributed by atoms with Crippen molar-refractivity contribution in [1.29, 1.82) is 0 Å². The highest BCUT2D eigenvalue weighted by molar-refractivity contribution is 5.88. The van der Waals surface area contributed by atoms with Crippen molar-refractivity contribution in [1.82, 2.24) is 14.5 Å². The third kappa shape index (κ3) is 2.65. The predicted octanol–water partition coefficient (Wildman–Crippen LogP) is 1.21. The number of rotatable bonds is 4. The molecule has 0 aliphatic rings. The molecule has 0 saturated heterocycles. The van der Waals surface area contributed by atoms with Crippen LogP contribution in [0.2, 0.25) is 0 Å². The Morgan fingerprint density at radius 2 is 2.28 bits per heavy atom. The van der Waals surface area contributed by atoms with E-state index in [1.807, 2.05) is 17.8 Å². The minimum absolute atomic E-state index is 0.280. The van der Waals surface area contributed by atoms with Gasteiger partial charge in [0.25, 0.3) is 0 Å². The first-order chi connectivity index (χ1) is 8.70. The lowest BCUT2D eigenvalue weighted by molar-refractivity contribution is 0.0594. The first-order valence-corrected chi connectivity index (χ1v) is 5.45. The maximum Gasteiger partial charge on any atom is 0.356 e. The fraction of sp³-hybridized carbons (Fsp3) is 0.250. The van der Waals surface area contributed by atoms with Crippen LogP contribution in [0, 0.1) is 0 Å². The van der Waals surface area contributed by atoms with E-state index >= 15 is 0 Å². The van der Waals surface area contributed by atoms with Gasteiger partial charge in [0.2, 0.25) is 0 Å². The Morgan fingerprint density at radius 3 is 2.94 bits per heavy atom. The Kier molecular flexibility index (Phi) is 3.57. The molecule has 6 heteroatoms. The molecule has 0 bridgehead atoms. The number of hydrogen-bond donors (Lipinski definition) is 1. The molecular weight excluding hydrogens is 232 g/mol. The SMILES string of the molecule is COC(=O)c1cc(NCc2nccn2C)ccn1. The number of imidazole rings is 1. The summed E-state index contributed by atoms with van der Waals surface area (Å²) in [6, 6.07) is 3.43. The van der Waals surface area contributed by atoms with Crippen LogP contribution < -0.4 is 5.32 Å². The zero-order chi connectivity index (χ0) is 13.0. The van der Waals surface area contributed by atoms with E-state index in [9.17, 15) is 4.79 Å². The standard InChI is InChI=1S/C12H14N4O2/c1-16-6-5-14-11(16)8-15-9-3-4-13-10(7-9)12(17)18-2/h3-7H,8H2,1-2H3,(H,13,15). The highest BCUT2D eigenvalue weighted by Crippen LogP contribution is 2.10. The molecule has 0 atom stereocenters. The van der Waals surface area contributed by atoms with Gasteiger partial charge in [-0.3, -0.25) is 0 Å². The van der Waals surface area contributed by atoms with Crippen molar-refractivity contribution in [2.45, 2.75) is 6.54 Å². The van der Waals surface area contributed by atoms with Crippen molar-refractivity contribution in [2.75, 3.05) is 12.4 Å². The second kappa shape index (κ2) is 5.31. The second-order valence-electron chi connectivity index (χ2n) is 3.73. The van der Waals surface area contributed by atoms with Crippen LogP contribution in [0.5, 0.6) is 0 Å². The molecule has 1 N–H and O–H groups in total. The molecule has 0 aliphatic heterocycles. The van der Waals surface area contributed by atoms with E-state index in [1.165, 1.54) is 7.11 Å². The van der Waals surface area contributed by atoms with Crippen LogP contribution in [0.4, 0.5) is 5.69 Å². The van der Waals surface area contributed by atoms with Crippen molar-refractivity contribution in [2.24, 2.45) is 7.05 Å². The van der Waals surface area contributed by atoms with E-state index in [-0.39, 0.29) is 5.69 Å². The number of pyridine rings is 1. The van der Waals surface area contributed by atoms with Crippen LogP contribution in [-0.2, 0) is 18.3 Å². The normalized spacial score (nSPS) is 10.1. The average molecular weight is 246 g/mol. The summed E-state index contributed by atoms with van der Waals surface area (Å²) in [4.78, 5) is 19.5. The van der Waals surface area contributed by atoms with Crippen LogP contribution in [0.25, 0.3) is 0 Å². The summed E-state index contributed by atoms with van der Waals surface area (Å²) < 4.78 is 6.54. The van der Waals surface area contributed by atoms with Crippen LogP contribution >= 0.6 is 0 Å². The van der Waals surface area contributed by atoms with Crippen LogP contribution in [-0.4, -0.2) is 27.6 Å². The number of hydrogen-bond acceptors (Lipinski definition) is 5. The lowest BCUT2D eigenvalue weighted by Gasteiger charge is -2.07. The molecule has 0 unspecified atom stereocenters. The minimum Gasteiger partial charge on any atom is -0.464 e. The molecule has 2 aromatic heterocycles. The number of ether oxygens (including phenoxy) is 1. The third-order valence-electron chi connectivity index (χ3n) is 2.53. The van der Waals surface area contributed by atoms with Crippen LogP contribution in [0.15, 0.2) is 30.7 Å². The maximum atomic E-state index is 11.3. The van der Waals surface area contributed by atoms with Gasteiger partial charge in [0.15, 0.2) is 0 Å². The van der Waals surface area contributed by atoms with E-state index in [1.54, 1.807) is 24.5 Å². The summed E-state index contributed by atoms with van der Waals surface area (Å²) >= 11 is 0. The summed E-state index contributed by atoms with van der Waals surface area (Å²) in [7, 11) is 3.26. The number of carbonyl (C=O) groups is 1. The van der Waals surface area contributed by atoms with Crippen molar-refractivity contribution in [3.8, 4) is 0 Å². The summed E-state index contributed by atoms with van der Waals surface area (Å²) in [6.07, 6.45) is 5.18. The molecule has 0 amide bonds. The molecular formula is C12H14N4O2. The molecule has 0 fully saturated rings. The Balaban J connectivity index is 2.06. The zero-order valence-electron chi connectivity index (χ0n) is 10.3. The number of anilines is 1. The van der Waals surface area contributed by atoms with E-state index in [4.69, 9.17) is 0 Å². The van der Waals surface area contributed by atoms with Gasteiger partial charge in [-0.25, -0.2) is 14.8 Å². The monoisotopic (exact) mass is 246 g/mol. The van der Waals surface area contributed by atoms with Gasteiger partial charge in [-0.05, 0) is 12.1 Å². The third-order valence-corrected chi connectivity index (χ3v) is 2.53. The number of carbonyl (C=O) groups excluding carboxylic acids is 1. The van der Waals surface area contributed by atoms with Gasteiger partial charge in [-0.2, -0.15) is 0 Å². The first-order valence-electron chi connectivity index (χ1n) is 5.45. The number of nitrogens with zero attached hydrogens (tertiary/aromatic N) is 3. The molecule has 6 nitrogen and oxygen atoms in total. The van der Waals surface area contributed by atoms with Gasteiger partial charge in [-0.15, -0.1) is 0 Å². The Labute approximate surface area is 105 Å². The number of methoxy groups -OCH3 is 1. The first kappa shape index (κ1) is 12.1. The van der Waals surface area contributed by atoms with Crippen molar-refractivity contribution >= 4 is 11.7 Å². The van der Waals surface area contributed by atoms with Gasteiger partial charge in [0.05, 0.1) is 13.7 Å². The number of aryl methyl sites for hydroxylation is 1. The van der Waals surface area contributed by atoms with E-state index < -0.39 is 5.97 Å². The maximum absolute atomic E-state index is 11.3. The Hall–Kier alpha value is -2.37. The molecule has 0 aliphatic carbocycles. The van der Waals surface area contributed by atoms with Crippen LogP contribution in [0.3, 0.4) is 0 Å². The molecule has 2 rings (SSSR count). The van der Waals surface area contributed by atoms with Crippen molar-refractivity contribution in [3.63, 3.8) is 0 Å². The fourth-order valence-electron chi connectivity index (χ4n) is 1.50. The summed E-state index contributed by atoms with van der Waals surface area (Å²) in [6.45, 7) is 0.578. The summed E-state index contributed by atoms with van der Waals surface area (Å²) in [5.74, 6) is 0.460. The molecule has 18 heavy (non-hydrogen) atoms. The summed E-state index contributed by atoms with van der Waals surface area (Å²) in [5, 5.41) is 3.18. The Bertz CT molecular complexity index is 551.